The fourth-order valence-electron chi connectivity index (χ4n) is 1.61. The van der Waals surface area contributed by atoms with Crippen molar-refractivity contribution in [2.45, 2.75) is 19.9 Å². The average molecular weight is 225 g/mol. The molecule has 0 fully saturated rings. The molecule has 1 heterocycles. The molecule has 0 aliphatic rings. The zero-order valence-electron chi connectivity index (χ0n) is 10.4. The van der Waals surface area contributed by atoms with Crippen molar-refractivity contribution in [2.75, 3.05) is 21.3 Å². The summed E-state index contributed by atoms with van der Waals surface area (Å²) in [5, 5.41) is 3.21. The first-order valence-corrected chi connectivity index (χ1v) is 5.26. The average Bonchev–Trinajstić information content (AvgIpc) is 2.29. The van der Waals surface area contributed by atoms with E-state index in [1.165, 1.54) is 0 Å². The van der Waals surface area contributed by atoms with Gasteiger partial charge >= 0.3 is 0 Å². The Bertz CT molecular complexity index is 342. The molecular formula is C11H19N3O2. The molecule has 0 bridgehead atoms. The van der Waals surface area contributed by atoms with Crippen LogP contribution in [0.4, 0.5) is 0 Å². The third-order valence-corrected chi connectivity index (χ3v) is 2.42. The zero-order valence-corrected chi connectivity index (χ0v) is 10.4. The fourth-order valence-corrected chi connectivity index (χ4v) is 1.61. The summed E-state index contributed by atoms with van der Waals surface area (Å²) < 4.78 is 10.2. The molecule has 5 nitrogen and oxygen atoms in total. The lowest BCUT2D eigenvalue weighted by Gasteiger charge is -2.21. The molecule has 1 unspecified atom stereocenters. The van der Waals surface area contributed by atoms with Crippen LogP contribution in [-0.2, 0) is 0 Å². The van der Waals surface area contributed by atoms with Gasteiger partial charge in [-0.1, -0.05) is 13.8 Å². The summed E-state index contributed by atoms with van der Waals surface area (Å²) in [6.45, 7) is 4.24. The van der Waals surface area contributed by atoms with Crippen LogP contribution in [0.1, 0.15) is 25.6 Å². The summed E-state index contributed by atoms with van der Waals surface area (Å²) in [5.74, 6) is 1.37. The normalized spacial score (nSPS) is 12.6. The summed E-state index contributed by atoms with van der Waals surface area (Å²) in [6.07, 6.45) is 1.60. The highest BCUT2D eigenvalue weighted by atomic mass is 16.5. The van der Waals surface area contributed by atoms with Crippen LogP contribution in [0.25, 0.3) is 0 Å². The van der Waals surface area contributed by atoms with Gasteiger partial charge in [-0.25, -0.2) is 4.98 Å². The van der Waals surface area contributed by atoms with Crippen LogP contribution in [0.15, 0.2) is 6.20 Å². The lowest BCUT2D eigenvalue weighted by Crippen LogP contribution is -2.23. The number of hydrogen-bond donors (Lipinski definition) is 1. The summed E-state index contributed by atoms with van der Waals surface area (Å²) in [6, 6.07) is 0.119. The third kappa shape index (κ3) is 2.61. The molecule has 0 amide bonds. The van der Waals surface area contributed by atoms with Gasteiger partial charge in [0.05, 0.1) is 26.5 Å². The number of rotatable bonds is 5. The molecule has 90 valence electrons. The van der Waals surface area contributed by atoms with Gasteiger partial charge < -0.3 is 14.8 Å². The first-order valence-electron chi connectivity index (χ1n) is 5.26. The van der Waals surface area contributed by atoms with Gasteiger partial charge in [-0.15, -0.1) is 0 Å². The van der Waals surface area contributed by atoms with E-state index in [9.17, 15) is 0 Å². The predicted octanol–water partition coefficient (Wildman–Crippen LogP) is 1.41. The maximum absolute atomic E-state index is 5.23. The molecule has 1 aromatic heterocycles. The lowest BCUT2D eigenvalue weighted by atomic mass is 10.0. The number of hydrogen-bond acceptors (Lipinski definition) is 5. The van der Waals surface area contributed by atoms with E-state index in [4.69, 9.17) is 9.47 Å². The van der Waals surface area contributed by atoms with E-state index in [0.29, 0.717) is 17.7 Å². The third-order valence-electron chi connectivity index (χ3n) is 2.42. The molecule has 0 aliphatic carbocycles. The molecule has 1 rings (SSSR count). The van der Waals surface area contributed by atoms with Crippen molar-refractivity contribution >= 4 is 0 Å². The summed E-state index contributed by atoms with van der Waals surface area (Å²) in [5.41, 5.74) is 0.806. The Hall–Kier alpha value is -1.36. The molecule has 0 saturated heterocycles. The monoisotopic (exact) mass is 225 g/mol. The smallest absolute Gasteiger partial charge is 0.240 e. The van der Waals surface area contributed by atoms with Crippen LogP contribution in [0.3, 0.4) is 0 Å². The number of methoxy groups -OCH3 is 2. The van der Waals surface area contributed by atoms with Gasteiger partial charge in [0, 0.05) is 0 Å². The van der Waals surface area contributed by atoms with Crippen molar-refractivity contribution in [3.63, 3.8) is 0 Å². The maximum Gasteiger partial charge on any atom is 0.240 e. The number of nitrogens with one attached hydrogen (secondary N) is 1. The van der Waals surface area contributed by atoms with Crippen LogP contribution >= 0.6 is 0 Å². The molecule has 0 aromatic carbocycles. The predicted molar refractivity (Wildman–Crippen MR) is 61.8 cm³/mol. The second-order valence-electron chi connectivity index (χ2n) is 3.82. The van der Waals surface area contributed by atoms with E-state index in [1.54, 1.807) is 20.4 Å². The van der Waals surface area contributed by atoms with Gasteiger partial charge in [0.1, 0.15) is 5.69 Å². The van der Waals surface area contributed by atoms with Gasteiger partial charge in [-0.2, -0.15) is 4.98 Å². The highest BCUT2D eigenvalue weighted by molar-refractivity contribution is 5.26. The van der Waals surface area contributed by atoms with Gasteiger partial charge in [0.25, 0.3) is 0 Å². The van der Waals surface area contributed by atoms with Crippen LogP contribution in [0.2, 0.25) is 0 Å². The second kappa shape index (κ2) is 5.65. The highest BCUT2D eigenvalue weighted by Crippen LogP contribution is 2.27. The van der Waals surface area contributed by atoms with Crippen molar-refractivity contribution in [3.05, 3.63) is 11.9 Å². The van der Waals surface area contributed by atoms with E-state index in [0.717, 1.165) is 5.69 Å². The number of ether oxygens (including phenoxy) is 2. The molecule has 5 heteroatoms. The summed E-state index contributed by atoms with van der Waals surface area (Å²) >= 11 is 0. The van der Waals surface area contributed by atoms with Gasteiger partial charge in [-0.05, 0) is 13.0 Å². The molecule has 1 aromatic rings. The zero-order chi connectivity index (χ0) is 12.1. The molecular weight excluding hydrogens is 206 g/mol. The van der Waals surface area contributed by atoms with Crippen molar-refractivity contribution in [1.82, 2.24) is 15.3 Å². The molecule has 0 radical (unpaired) electrons. The number of aromatic nitrogens is 2. The molecule has 16 heavy (non-hydrogen) atoms. The van der Waals surface area contributed by atoms with Gasteiger partial charge in [0.2, 0.25) is 11.8 Å². The maximum atomic E-state index is 5.23. The minimum atomic E-state index is 0.119. The van der Waals surface area contributed by atoms with Crippen molar-refractivity contribution < 1.29 is 9.47 Å². The molecule has 0 aliphatic heterocycles. The standard InChI is InChI=1S/C11H19N3O2/c1-7(2)9(12-3)10-11(16-5)14-8(15-4)6-13-10/h6-7,9,12H,1-5H3. The van der Waals surface area contributed by atoms with E-state index < -0.39 is 0 Å². The number of nitrogens with zero attached hydrogens (tertiary/aromatic N) is 2. The quantitative estimate of drug-likeness (QED) is 0.821. The largest absolute Gasteiger partial charge is 0.480 e. The SMILES string of the molecule is CNC(c1ncc(OC)nc1OC)C(C)C. The highest BCUT2D eigenvalue weighted by Gasteiger charge is 2.21. The molecule has 1 atom stereocenters. The van der Waals surface area contributed by atoms with Crippen molar-refractivity contribution in [1.29, 1.82) is 0 Å². The van der Waals surface area contributed by atoms with E-state index in [1.807, 2.05) is 7.05 Å². The minimum Gasteiger partial charge on any atom is -0.480 e. The van der Waals surface area contributed by atoms with Crippen LogP contribution in [0.5, 0.6) is 11.8 Å². The Labute approximate surface area is 96.2 Å². The Morgan fingerprint density at radius 3 is 2.38 bits per heavy atom. The first kappa shape index (κ1) is 12.7. The minimum absolute atomic E-state index is 0.119. The lowest BCUT2D eigenvalue weighted by molar-refractivity contribution is 0.339. The topological polar surface area (TPSA) is 56.3 Å². The second-order valence-corrected chi connectivity index (χ2v) is 3.82. The van der Waals surface area contributed by atoms with Crippen LogP contribution < -0.4 is 14.8 Å². The first-order chi connectivity index (χ1) is 7.63. The summed E-state index contributed by atoms with van der Waals surface area (Å²) in [4.78, 5) is 8.55. The molecule has 0 saturated carbocycles. The van der Waals surface area contributed by atoms with Crippen molar-refractivity contribution in [2.24, 2.45) is 5.92 Å². The Morgan fingerprint density at radius 2 is 1.94 bits per heavy atom. The summed E-state index contributed by atoms with van der Waals surface area (Å²) in [7, 11) is 5.04. The van der Waals surface area contributed by atoms with Crippen LogP contribution in [-0.4, -0.2) is 31.2 Å². The Balaban J connectivity index is 3.11. The Kier molecular flexibility index (Phi) is 4.49. The van der Waals surface area contributed by atoms with E-state index in [2.05, 4.69) is 29.1 Å². The van der Waals surface area contributed by atoms with Crippen LogP contribution in [0, 0.1) is 5.92 Å². The van der Waals surface area contributed by atoms with Crippen molar-refractivity contribution in [3.8, 4) is 11.8 Å². The van der Waals surface area contributed by atoms with E-state index >= 15 is 0 Å². The molecule has 0 spiro atoms. The van der Waals surface area contributed by atoms with Gasteiger partial charge in [0.15, 0.2) is 0 Å². The Morgan fingerprint density at radius 1 is 1.25 bits per heavy atom. The van der Waals surface area contributed by atoms with Gasteiger partial charge in [-0.3, -0.25) is 0 Å². The fraction of sp³-hybridized carbons (Fsp3) is 0.636. The van der Waals surface area contributed by atoms with E-state index in [-0.39, 0.29) is 6.04 Å². The molecule has 1 N–H and O–H groups in total.